The molecule has 1 heterocycles. The molecule has 0 radical (unpaired) electrons. The highest BCUT2D eigenvalue weighted by Crippen LogP contribution is 2.29. The minimum absolute atomic E-state index is 0.763. The number of benzene rings is 1. The van der Waals surface area contributed by atoms with Gasteiger partial charge < -0.3 is 20.3 Å². The van der Waals surface area contributed by atoms with Crippen molar-refractivity contribution in [2.75, 3.05) is 51.6 Å². The maximum Gasteiger partial charge on any atom is 0.121 e. The highest BCUT2D eigenvalue weighted by Gasteiger charge is 2.26. The van der Waals surface area contributed by atoms with Gasteiger partial charge in [-0.15, -0.1) is 0 Å². The van der Waals surface area contributed by atoms with Crippen molar-refractivity contribution in [1.82, 2.24) is 9.80 Å². The molecule has 1 aromatic carbocycles. The zero-order valence-corrected chi connectivity index (χ0v) is 12.8. The molecule has 1 aromatic rings. The summed E-state index contributed by atoms with van der Waals surface area (Å²) in [4.78, 5) is 5.20. The van der Waals surface area contributed by atoms with E-state index in [4.69, 9.17) is 10.5 Å². The summed E-state index contributed by atoms with van der Waals surface area (Å²) in [7, 11) is 0. The SMILES string of the molecule is Nc1cccc(OCCCN2CCN(CC3CC3)CC2)c1. The molecule has 2 N–H and O–H groups in total. The van der Waals surface area contributed by atoms with Crippen LogP contribution in [0.4, 0.5) is 5.69 Å². The van der Waals surface area contributed by atoms with Crippen LogP contribution in [0.15, 0.2) is 24.3 Å². The van der Waals surface area contributed by atoms with Crippen LogP contribution in [-0.2, 0) is 0 Å². The Bertz CT molecular complexity index is 439. The first kappa shape index (κ1) is 14.7. The smallest absolute Gasteiger partial charge is 0.121 e. The van der Waals surface area contributed by atoms with Crippen molar-refractivity contribution in [2.45, 2.75) is 19.3 Å². The summed E-state index contributed by atoms with van der Waals surface area (Å²) >= 11 is 0. The molecule has 0 unspecified atom stereocenters. The van der Waals surface area contributed by atoms with Crippen molar-refractivity contribution < 1.29 is 4.74 Å². The van der Waals surface area contributed by atoms with Gasteiger partial charge in [0, 0.05) is 51.0 Å². The number of hydrogen-bond donors (Lipinski definition) is 1. The minimum atomic E-state index is 0.763. The first-order chi connectivity index (χ1) is 10.3. The third-order valence-corrected chi connectivity index (χ3v) is 4.42. The van der Waals surface area contributed by atoms with Crippen LogP contribution < -0.4 is 10.5 Å². The average molecular weight is 289 g/mol. The standard InChI is InChI=1S/C17H27N3O/c18-16-3-1-4-17(13-16)21-12-2-7-19-8-10-20(11-9-19)14-15-5-6-15/h1,3-4,13,15H,2,5-12,14,18H2. The molecule has 0 bridgehead atoms. The van der Waals surface area contributed by atoms with Gasteiger partial charge in [-0.1, -0.05) is 6.07 Å². The van der Waals surface area contributed by atoms with Gasteiger partial charge in [0.2, 0.25) is 0 Å². The molecular formula is C17H27N3O. The lowest BCUT2D eigenvalue weighted by Crippen LogP contribution is -2.47. The Kier molecular flexibility index (Phi) is 4.99. The molecule has 2 fully saturated rings. The van der Waals surface area contributed by atoms with Crippen molar-refractivity contribution in [3.63, 3.8) is 0 Å². The molecule has 4 nitrogen and oxygen atoms in total. The van der Waals surface area contributed by atoms with Crippen LogP contribution in [0.2, 0.25) is 0 Å². The van der Waals surface area contributed by atoms with Crippen molar-refractivity contribution in [1.29, 1.82) is 0 Å². The van der Waals surface area contributed by atoms with E-state index in [0.717, 1.165) is 36.9 Å². The van der Waals surface area contributed by atoms with Gasteiger partial charge in [-0.05, 0) is 37.3 Å². The van der Waals surface area contributed by atoms with Crippen LogP contribution in [0, 0.1) is 5.92 Å². The Labute approximate surface area is 127 Å². The van der Waals surface area contributed by atoms with Crippen molar-refractivity contribution in [3.05, 3.63) is 24.3 Å². The minimum Gasteiger partial charge on any atom is -0.493 e. The Balaban J connectivity index is 1.27. The van der Waals surface area contributed by atoms with E-state index in [9.17, 15) is 0 Å². The van der Waals surface area contributed by atoms with Crippen LogP contribution in [0.25, 0.3) is 0 Å². The van der Waals surface area contributed by atoms with Crippen LogP contribution in [0.3, 0.4) is 0 Å². The first-order valence-corrected chi connectivity index (χ1v) is 8.22. The number of hydrogen-bond acceptors (Lipinski definition) is 4. The monoisotopic (exact) mass is 289 g/mol. The van der Waals surface area contributed by atoms with Crippen molar-refractivity contribution >= 4 is 5.69 Å². The fourth-order valence-electron chi connectivity index (χ4n) is 2.94. The summed E-state index contributed by atoms with van der Waals surface area (Å²) in [5.41, 5.74) is 6.50. The molecule has 116 valence electrons. The van der Waals surface area contributed by atoms with Gasteiger partial charge in [0.15, 0.2) is 0 Å². The molecule has 1 saturated carbocycles. The molecule has 3 rings (SSSR count). The summed E-state index contributed by atoms with van der Waals surface area (Å²) in [6.07, 6.45) is 4.00. The number of piperazine rings is 1. The van der Waals surface area contributed by atoms with Crippen LogP contribution in [0.5, 0.6) is 5.75 Å². The number of nitrogens with zero attached hydrogens (tertiary/aromatic N) is 2. The van der Waals surface area contributed by atoms with Gasteiger partial charge in [0.05, 0.1) is 6.61 Å². The summed E-state index contributed by atoms with van der Waals surface area (Å²) < 4.78 is 5.74. The second-order valence-corrected chi connectivity index (χ2v) is 6.36. The number of nitrogens with two attached hydrogens (primary N) is 1. The molecule has 1 aliphatic heterocycles. The van der Waals surface area contributed by atoms with E-state index in [1.807, 2.05) is 24.3 Å². The van der Waals surface area contributed by atoms with Gasteiger partial charge in [-0.25, -0.2) is 0 Å². The van der Waals surface area contributed by atoms with Gasteiger partial charge in [0.1, 0.15) is 5.75 Å². The van der Waals surface area contributed by atoms with Gasteiger partial charge >= 0.3 is 0 Å². The summed E-state index contributed by atoms with van der Waals surface area (Å²) in [5.74, 6) is 1.90. The molecule has 0 aromatic heterocycles. The predicted octanol–water partition coefficient (Wildman–Crippen LogP) is 2.07. The van der Waals surface area contributed by atoms with Crippen LogP contribution >= 0.6 is 0 Å². The molecule has 0 atom stereocenters. The number of ether oxygens (including phenoxy) is 1. The summed E-state index contributed by atoms with van der Waals surface area (Å²) in [6.45, 7) is 8.16. The van der Waals surface area contributed by atoms with E-state index in [2.05, 4.69) is 9.80 Å². The molecule has 0 amide bonds. The normalized spacial score (nSPS) is 20.6. The second-order valence-electron chi connectivity index (χ2n) is 6.36. The zero-order chi connectivity index (χ0) is 14.5. The molecule has 1 aliphatic carbocycles. The average Bonchev–Trinajstić information content (AvgIpc) is 3.29. The molecule has 21 heavy (non-hydrogen) atoms. The Hall–Kier alpha value is -1.26. The number of rotatable bonds is 7. The highest BCUT2D eigenvalue weighted by molar-refractivity contribution is 5.43. The Morgan fingerprint density at radius 3 is 2.57 bits per heavy atom. The summed E-state index contributed by atoms with van der Waals surface area (Å²) in [5, 5.41) is 0. The fraction of sp³-hybridized carbons (Fsp3) is 0.647. The summed E-state index contributed by atoms with van der Waals surface area (Å²) in [6, 6.07) is 7.67. The van der Waals surface area contributed by atoms with E-state index in [1.54, 1.807) is 0 Å². The Morgan fingerprint density at radius 2 is 1.86 bits per heavy atom. The second kappa shape index (κ2) is 7.14. The lowest BCUT2D eigenvalue weighted by Gasteiger charge is -2.34. The topological polar surface area (TPSA) is 41.7 Å². The molecule has 2 aliphatic rings. The lowest BCUT2D eigenvalue weighted by molar-refractivity contribution is 0.122. The van der Waals surface area contributed by atoms with Crippen LogP contribution in [0.1, 0.15) is 19.3 Å². The third kappa shape index (κ3) is 4.90. The maximum atomic E-state index is 5.74. The number of nitrogen functional groups attached to an aromatic ring is 1. The Morgan fingerprint density at radius 1 is 1.10 bits per heavy atom. The van der Waals surface area contributed by atoms with Crippen molar-refractivity contribution in [2.24, 2.45) is 5.92 Å². The van der Waals surface area contributed by atoms with E-state index in [-0.39, 0.29) is 0 Å². The van der Waals surface area contributed by atoms with Gasteiger partial charge in [0.25, 0.3) is 0 Å². The molecular weight excluding hydrogens is 262 g/mol. The predicted molar refractivity (Wildman–Crippen MR) is 86.6 cm³/mol. The van der Waals surface area contributed by atoms with E-state index in [0.29, 0.717) is 0 Å². The lowest BCUT2D eigenvalue weighted by atomic mass is 10.2. The number of anilines is 1. The van der Waals surface area contributed by atoms with Gasteiger partial charge in [-0.3, -0.25) is 0 Å². The highest BCUT2D eigenvalue weighted by atomic mass is 16.5. The van der Waals surface area contributed by atoms with Crippen molar-refractivity contribution in [3.8, 4) is 5.75 Å². The van der Waals surface area contributed by atoms with E-state index >= 15 is 0 Å². The molecule has 1 saturated heterocycles. The van der Waals surface area contributed by atoms with Crippen LogP contribution in [-0.4, -0.2) is 55.7 Å². The third-order valence-electron chi connectivity index (χ3n) is 4.42. The maximum absolute atomic E-state index is 5.74. The van der Waals surface area contributed by atoms with E-state index < -0.39 is 0 Å². The first-order valence-electron chi connectivity index (χ1n) is 8.22. The molecule has 0 spiro atoms. The quantitative estimate of drug-likeness (QED) is 0.616. The van der Waals surface area contributed by atoms with E-state index in [1.165, 1.54) is 45.6 Å². The largest absolute Gasteiger partial charge is 0.493 e. The zero-order valence-electron chi connectivity index (χ0n) is 12.8. The fourth-order valence-corrected chi connectivity index (χ4v) is 2.94. The molecule has 4 heteroatoms. The van der Waals surface area contributed by atoms with Gasteiger partial charge in [-0.2, -0.15) is 0 Å².